The molecule has 0 aliphatic carbocycles. The summed E-state index contributed by atoms with van der Waals surface area (Å²) in [6.45, 7) is 5.85. The predicted octanol–water partition coefficient (Wildman–Crippen LogP) is 2.53. The van der Waals surface area contributed by atoms with Gasteiger partial charge in [-0.15, -0.1) is 0 Å². The van der Waals surface area contributed by atoms with Crippen molar-refractivity contribution in [3.05, 3.63) is 30.1 Å². The molecule has 0 unspecified atom stereocenters. The second-order valence-electron chi connectivity index (χ2n) is 5.65. The van der Waals surface area contributed by atoms with Gasteiger partial charge in [0.2, 0.25) is 0 Å². The molecule has 2 aromatic heterocycles. The molecule has 0 spiro atoms. The number of piperidine rings is 1. The van der Waals surface area contributed by atoms with Gasteiger partial charge in [0, 0.05) is 24.3 Å². The molecule has 0 amide bonds. The van der Waals surface area contributed by atoms with Gasteiger partial charge in [-0.05, 0) is 63.1 Å². The van der Waals surface area contributed by atoms with E-state index < -0.39 is 0 Å². The number of H-pyrrole nitrogens is 1. The Kier molecular flexibility index (Phi) is 4.66. The fraction of sp³-hybridized carbons (Fsp3) is 0.562. The van der Waals surface area contributed by atoms with E-state index in [1.54, 1.807) is 0 Å². The molecule has 1 aliphatic heterocycles. The first-order chi connectivity index (χ1) is 9.93. The van der Waals surface area contributed by atoms with Crippen molar-refractivity contribution < 1.29 is 0 Å². The lowest BCUT2D eigenvalue weighted by Gasteiger charge is -2.26. The van der Waals surface area contributed by atoms with Crippen LogP contribution in [0.25, 0.3) is 11.0 Å². The molecule has 3 rings (SSSR count). The topological polar surface area (TPSA) is 44.0 Å². The zero-order valence-corrected chi connectivity index (χ0v) is 12.1. The largest absolute Gasteiger partial charge is 0.346 e. The fourth-order valence-corrected chi connectivity index (χ4v) is 2.99. The monoisotopic (exact) mass is 272 g/mol. The molecule has 4 nitrogen and oxygen atoms in total. The van der Waals surface area contributed by atoms with Gasteiger partial charge in [0.25, 0.3) is 0 Å². The van der Waals surface area contributed by atoms with Crippen LogP contribution in [0.5, 0.6) is 0 Å². The van der Waals surface area contributed by atoms with Gasteiger partial charge in [0.1, 0.15) is 5.65 Å². The summed E-state index contributed by atoms with van der Waals surface area (Å²) in [5.74, 6) is 0. The highest BCUT2D eigenvalue weighted by atomic mass is 15.1. The third-order valence-corrected chi connectivity index (χ3v) is 4.13. The molecule has 0 saturated carbocycles. The summed E-state index contributed by atoms with van der Waals surface area (Å²) in [5.41, 5.74) is 2.30. The Hall–Kier alpha value is -1.39. The van der Waals surface area contributed by atoms with Crippen LogP contribution in [0.3, 0.4) is 0 Å². The van der Waals surface area contributed by atoms with Crippen molar-refractivity contribution in [1.29, 1.82) is 0 Å². The lowest BCUT2D eigenvalue weighted by molar-refractivity contribution is 0.225. The Morgan fingerprint density at radius 1 is 1.25 bits per heavy atom. The minimum Gasteiger partial charge on any atom is -0.346 e. The first kappa shape index (κ1) is 13.6. The molecule has 0 aromatic carbocycles. The smallest absolute Gasteiger partial charge is 0.137 e. The first-order valence-corrected chi connectivity index (χ1v) is 7.77. The molecule has 0 radical (unpaired) electrons. The molecule has 0 atom stereocenters. The van der Waals surface area contributed by atoms with Crippen molar-refractivity contribution >= 4 is 11.0 Å². The van der Waals surface area contributed by atoms with Crippen LogP contribution in [0, 0.1) is 0 Å². The highest BCUT2D eigenvalue weighted by molar-refractivity contribution is 5.79. The van der Waals surface area contributed by atoms with E-state index in [9.17, 15) is 0 Å². The minimum atomic E-state index is 0.922. The molecule has 108 valence electrons. The minimum absolute atomic E-state index is 0.922. The Balaban J connectivity index is 1.39. The van der Waals surface area contributed by atoms with Crippen LogP contribution >= 0.6 is 0 Å². The maximum absolute atomic E-state index is 4.32. The molecule has 3 heterocycles. The van der Waals surface area contributed by atoms with Crippen LogP contribution in [0.1, 0.15) is 31.2 Å². The molecule has 1 saturated heterocycles. The summed E-state index contributed by atoms with van der Waals surface area (Å²) in [6, 6.07) is 4.12. The third-order valence-electron chi connectivity index (χ3n) is 4.13. The number of likely N-dealkylation sites (tertiary alicyclic amines) is 1. The van der Waals surface area contributed by atoms with Crippen LogP contribution < -0.4 is 5.32 Å². The number of hydrogen-bond donors (Lipinski definition) is 2. The number of aromatic nitrogens is 2. The summed E-state index contributed by atoms with van der Waals surface area (Å²) < 4.78 is 0. The van der Waals surface area contributed by atoms with E-state index in [0.29, 0.717) is 0 Å². The molecule has 0 bridgehead atoms. The fourth-order valence-electron chi connectivity index (χ4n) is 2.99. The van der Waals surface area contributed by atoms with Crippen molar-refractivity contribution in [2.45, 2.75) is 32.2 Å². The van der Waals surface area contributed by atoms with Crippen molar-refractivity contribution in [2.75, 3.05) is 26.2 Å². The Labute approximate surface area is 120 Å². The maximum atomic E-state index is 4.32. The van der Waals surface area contributed by atoms with Crippen LogP contribution in [0.15, 0.2) is 24.5 Å². The number of rotatable bonds is 6. The average molecular weight is 272 g/mol. The third kappa shape index (κ3) is 3.38. The standard InChI is InChI=1S/C16H24N4/c1-2-9-20(10-3-1)11-5-7-17-12-14-13-19-16-15(14)6-4-8-18-16/h4,6,8,13,17H,1-3,5,7,9-12H2,(H,18,19). The van der Waals surface area contributed by atoms with Crippen LogP contribution in [0.2, 0.25) is 0 Å². The second kappa shape index (κ2) is 6.86. The van der Waals surface area contributed by atoms with Gasteiger partial charge < -0.3 is 15.2 Å². The summed E-state index contributed by atoms with van der Waals surface area (Å²) in [4.78, 5) is 10.1. The van der Waals surface area contributed by atoms with Gasteiger partial charge in [-0.3, -0.25) is 0 Å². The molecule has 1 fully saturated rings. The lowest BCUT2D eigenvalue weighted by atomic mass is 10.1. The van der Waals surface area contributed by atoms with Gasteiger partial charge in [-0.25, -0.2) is 4.98 Å². The number of nitrogens with one attached hydrogen (secondary N) is 2. The summed E-state index contributed by atoms with van der Waals surface area (Å²) >= 11 is 0. The van der Waals surface area contributed by atoms with E-state index in [-0.39, 0.29) is 0 Å². The normalized spacial score (nSPS) is 16.8. The van der Waals surface area contributed by atoms with Gasteiger partial charge >= 0.3 is 0 Å². The van der Waals surface area contributed by atoms with E-state index in [1.807, 2.05) is 12.3 Å². The highest BCUT2D eigenvalue weighted by Crippen LogP contribution is 2.15. The zero-order chi connectivity index (χ0) is 13.6. The summed E-state index contributed by atoms with van der Waals surface area (Å²) in [6.07, 6.45) is 9.32. The molecule has 2 aromatic rings. The zero-order valence-electron chi connectivity index (χ0n) is 12.1. The van der Waals surface area contributed by atoms with Crippen molar-refractivity contribution in [2.24, 2.45) is 0 Å². The molecule has 2 N–H and O–H groups in total. The molecular formula is C16H24N4. The van der Waals surface area contributed by atoms with Gasteiger partial charge in [0.15, 0.2) is 0 Å². The molecule has 20 heavy (non-hydrogen) atoms. The molecule has 4 heteroatoms. The lowest BCUT2D eigenvalue weighted by Crippen LogP contribution is -2.32. The maximum Gasteiger partial charge on any atom is 0.137 e. The van der Waals surface area contributed by atoms with Crippen molar-refractivity contribution in [3.8, 4) is 0 Å². The summed E-state index contributed by atoms with van der Waals surface area (Å²) in [5, 5.41) is 4.78. The van der Waals surface area contributed by atoms with Crippen molar-refractivity contribution in [1.82, 2.24) is 20.2 Å². The van der Waals surface area contributed by atoms with E-state index in [2.05, 4.69) is 32.4 Å². The number of pyridine rings is 1. The quantitative estimate of drug-likeness (QED) is 0.794. The number of nitrogens with zero attached hydrogens (tertiary/aromatic N) is 2. The SMILES string of the molecule is c1cnc2[nH]cc(CNCCCN3CCCCC3)c2c1. The average Bonchev–Trinajstić information content (AvgIpc) is 2.91. The van der Waals surface area contributed by atoms with Gasteiger partial charge in [-0.2, -0.15) is 0 Å². The van der Waals surface area contributed by atoms with Crippen LogP contribution in [-0.4, -0.2) is 41.0 Å². The number of aromatic amines is 1. The van der Waals surface area contributed by atoms with Gasteiger partial charge in [0.05, 0.1) is 0 Å². The molecule has 1 aliphatic rings. The van der Waals surface area contributed by atoms with Gasteiger partial charge in [-0.1, -0.05) is 6.42 Å². The number of fused-ring (bicyclic) bond motifs is 1. The number of hydrogen-bond acceptors (Lipinski definition) is 3. The van der Waals surface area contributed by atoms with E-state index >= 15 is 0 Å². The van der Waals surface area contributed by atoms with Crippen molar-refractivity contribution in [3.63, 3.8) is 0 Å². The summed E-state index contributed by atoms with van der Waals surface area (Å²) in [7, 11) is 0. The van der Waals surface area contributed by atoms with Crippen LogP contribution in [-0.2, 0) is 6.54 Å². The highest BCUT2D eigenvalue weighted by Gasteiger charge is 2.09. The Bertz CT molecular complexity index is 528. The molecular weight excluding hydrogens is 248 g/mol. The van der Waals surface area contributed by atoms with Crippen LogP contribution in [0.4, 0.5) is 0 Å². The first-order valence-electron chi connectivity index (χ1n) is 7.77. The second-order valence-corrected chi connectivity index (χ2v) is 5.65. The Morgan fingerprint density at radius 2 is 2.15 bits per heavy atom. The van der Waals surface area contributed by atoms with E-state index in [1.165, 1.54) is 56.3 Å². The predicted molar refractivity (Wildman–Crippen MR) is 82.7 cm³/mol. The van der Waals surface area contributed by atoms with E-state index in [4.69, 9.17) is 0 Å². The van der Waals surface area contributed by atoms with E-state index in [0.717, 1.165) is 18.7 Å². The Morgan fingerprint density at radius 3 is 3.05 bits per heavy atom.